The van der Waals surface area contributed by atoms with Crippen LogP contribution in [0, 0.1) is 11.3 Å². The molecule has 6 heteroatoms. The standard InChI is InChI=1S/C8H7F3N2S/c9-8(10,11)6(3-13)7-1-5(2-12)4-14-7/h1,4,6H,3,13H2. The lowest BCUT2D eigenvalue weighted by Crippen LogP contribution is -2.27. The molecule has 1 aromatic rings. The van der Waals surface area contributed by atoms with E-state index in [9.17, 15) is 13.2 Å². The van der Waals surface area contributed by atoms with Crippen LogP contribution >= 0.6 is 11.3 Å². The molecule has 1 rings (SSSR count). The molecule has 1 aromatic heterocycles. The van der Waals surface area contributed by atoms with Gasteiger partial charge < -0.3 is 5.73 Å². The molecule has 1 heterocycles. The van der Waals surface area contributed by atoms with E-state index in [0.717, 1.165) is 11.3 Å². The largest absolute Gasteiger partial charge is 0.397 e. The second-order valence-corrected chi connectivity index (χ2v) is 3.62. The summed E-state index contributed by atoms with van der Waals surface area (Å²) in [7, 11) is 0. The second kappa shape index (κ2) is 3.98. The van der Waals surface area contributed by atoms with E-state index in [-0.39, 0.29) is 10.4 Å². The minimum Gasteiger partial charge on any atom is -0.329 e. The van der Waals surface area contributed by atoms with E-state index in [1.54, 1.807) is 6.07 Å². The lowest BCUT2D eigenvalue weighted by Gasteiger charge is -2.16. The molecule has 0 aromatic carbocycles. The van der Waals surface area contributed by atoms with Gasteiger partial charge in [0, 0.05) is 16.8 Å². The highest BCUT2D eigenvalue weighted by Gasteiger charge is 2.40. The molecule has 0 spiro atoms. The van der Waals surface area contributed by atoms with Crippen LogP contribution in [-0.2, 0) is 0 Å². The quantitative estimate of drug-likeness (QED) is 0.830. The van der Waals surface area contributed by atoms with Gasteiger partial charge in [0.15, 0.2) is 0 Å². The van der Waals surface area contributed by atoms with Crippen LogP contribution in [0.3, 0.4) is 0 Å². The Kier molecular flexibility index (Phi) is 3.13. The van der Waals surface area contributed by atoms with E-state index < -0.39 is 18.6 Å². The van der Waals surface area contributed by atoms with Gasteiger partial charge in [-0.2, -0.15) is 18.4 Å². The van der Waals surface area contributed by atoms with E-state index in [4.69, 9.17) is 11.0 Å². The van der Waals surface area contributed by atoms with Crippen LogP contribution in [0.15, 0.2) is 11.4 Å². The van der Waals surface area contributed by atoms with Crippen molar-refractivity contribution >= 4 is 11.3 Å². The summed E-state index contributed by atoms with van der Waals surface area (Å²) in [5, 5.41) is 9.84. The molecule has 0 aliphatic rings. The van der Waals surface area contributed by atoms with E-state index in [2.05, 4.69) is 0 Å². The highest BCUT2D eigenvalue weighted by Crippen LogP contribution is 2.36. The molecule has 2 N–H and O–H groups in total. The molecule has 1 unspecified atom stereocenters. The predicted octanol–water partition coefficient (Wildman–Crippen LogP) is 2.22. The van der Waals surface area contributed by atoms with Crippen LogP contribution in [0.5, 0.6) is 0 Å². The van der Waals surface area contributed by atoms with Gasteiger partial charge in [0.05, 0.1) is 5.56 Å². The van der Waals surface area contributed by atoms with Crippen LogP contribution in [0.2, 0.25) is 0 Å². The molecular formula is C8H7F3N2S. The number of halogens is 3. The van der Waals surface area contributed by atoms with Crippen molar-refractivity contribution in [1.29, 1.82) is 5.26 Å². The van der Waals surface area contributed by atoms with Gasteiger partial charge >= 0.3 is 6.18 Å². The van der Waals surface area contributed by atoms with Crippen LogP contribution in [-0.4, -0.2) is 12.7 Å². The normalized spacial score (nSPS) is 13.6. The Labute approximate surface area is 82.8 Å². The highest BCUT2D eigenvalue weighted by atomic mass is 32.1. The van der Waals surface area contributed by atoms with Crippen molar-refractivity contribution in [3.05, 3.63) is 21.9 Å². The zero-order chi connectivity index (χ0) is 10.8. The molecule has 0 bridgehead atoms. The number of alkyl halides is 3. The number of nitrogens with zero attached hydrogens (tertiary/aromatic N) is 1. The summed E-state index contributed by atoms with van der Waals surface area (Å²) in [5.41, 5.74) is 5.29. The van der Waals surface area contributed by atoms with Crippen molar-refractivity contribution in [1.82, 2.24) is 0 Å². The summed E-state index contributed by atoms with van der Waals surface area (Å²) in [5.74, 6) is -1.66. The van der Waals surface area contributed by atoms with Crippen LogP contribution in [0.25, 0.3) is 0 Å². The maximum atomic E-state index is 12.4. The summed E-state index contributed by atoms with van der Waals surface area (Å²) in [6, 6.07) is 3.01. The molecule has 76 valence electrons. The lowest BCUT2D eigenvalue weighted by molar-refractivity contribution is -0.147. The fourth-order valence-corrected chi connectivity index (χ4v) is 1.98. The van der Waals surface area contributed by atoms with Crippen molar-refractivity contribution in [3.63, 3.8) is 0 Å². The number of nitriles is 1. The fraction of sp³-hybridized carbons (Fsp3) is 0.375. The second-order valence-electron chi connectivity index (χ2n) is 2.68. The van der Waals surface area contributed by atoms with Crippen molar-refractivity contribution < 1.29 is 13.2 Å². The topological polar surface area (TPSA) is 49.8 Å². The molecule has 0 radical (unpaired) electrons. The van der Waals surface area contributed by atoms with Crippen LogP contribution in [0.1, 0.15) is 16.4 Å². The first-order valence-electron chi connectivity index (χ1n) is 3.74. The third-order valence-corrected chi connectivity index (χ3v) is 2.77. The van der Waals surface area contributed by atoms with Gasteiger partial charge in [-0.3, -0.25) is 0 Å². The molecule has 0 saturated heterocycles. The average Bonchev–Trinajstić information content (AvgIpc) is 2.51. The number of nitrogens with two attached hydrogens (primary N) is 1. The molecule has 14 heavy (non-hydrogen) atoms. The van der Waals surface area contributed by atoms with E-state index in [1.807, 2.05) is 0 Å². The first-order chi connectivity index (χ1) is 6.49. The SMILES string of the molecule is N#Cc1csc(C(CN)C(F)(F)F)c1. The fourth-order valence-electron chi connectivity index (χ4n) is 1.01. The summed E-state index contributed by atoms with van der Waals surface area (Å²) in [6.45, 7) is -0.491. The van der Waals surface area contributed by atoms with Gasteiger partial charge in [-0.05, 0) is 6.07 Å². The Balaban J connectivity index is 2.97. The van der Waals surface area contributed by atoms with Crippen LogP contribution in [0.4, 0.5) is 13.2 Å². The van der Waals surface area contributed by atoms with Gasteiger partial charge in [0.25, 0.3) is 0 Å². The zero-order valence-corrected chi connectivity index (χ0v) is 7.82. The highest BCUT2D eigenvalue weighted by molar-refractivity contribution is 7.10. The summed E-state index contributed by atoms with van der Waals surface area (Å²) >= 11 is 0.911. The molecule has 0 aliphatic carbocycles. The maximum absolute atomic E-state index is 12.4. The number of thiophene rings is 1. The average molecular weight is 220 g/mol. The monoisotopic (exact) mass is 220 g/mol. The summed E-state index contributed by atoms with van der Waals surface area (Å²) < 4.78 is 37.1. The van der Waals surface area contributed by atoms with Crippen molar-refractivity contribution in [3.8, 4) is 6.07 Å². The van der Waals surface area contributed by atoms with E-state index in [1.165, 1.54) is 11.4 Å². The third kappa shape index (κ3) is 2.25. The molecule has 0 aliphatic heterocycles. The van der Waals surface area contributed by atoms with Gasteiger partial charge in [-0.25, -0.2) is 0 Å². The molecule has 2 nitrogen and oxygen atoms in total. The van der Waals surface area contributed by atoms with Gasteiger partial charge in [0.1, 0.15) is 12.0 Å². The summed E-state index contributed by atoms with van der Waals surface area (Å²) in [4.78, 5) is 0.0940. The maximum Gasteiger partial charge on any atom is 0.397 e. The lowest BCUT2D eigenvalue weighted by atomic mass is 10.1. The van der Waals surface area contributed by atoms with Crippen molar-refractivity contribution in [2.24, 2.45) is 5.73 Å². The third-order valence-electron chi connectivity index (χ3n) is 1.72. The Bertz CT molecular complexity index is 350. The molecule has 1 atom stereocenters. The minimum absolute atomic E-state index is 0.0940. The van der Waals surface area contributed by atoms with E-state index in [0.29, 0.717) is 0 Å². The smallest absolute Gasteiger partial charge is 0.329 e. The molecule has 0 fully saturated rings. The van der Waals surface area contributed by atoms with Crippen molar-refractivity contribution in [2.75, 3.05) is 6.54 Å². The minimum atomic E-state index is -4.34. The first-order valence-corrected chi connectivity index (χ1v) is 4.62. The van der Waals surface area contributed by atoms with Gasteiger partial charge in [-0.15, -0.1) is 11.3 Å². The van der Waals surface area contributed by atoms with Gasteiger partial charge in [-0.1, -0.05) is 0 Å². The number of rotatable bonds is 2. The Morgan fingerprint density at radius 3 is 2.57 bits per heavy atom. The number of hydrogen-bond acceptors (Lipinski definition) is 3. The Hall–Kier alpha value is -1.06. The zero-order valence-electron chi connectivity index (χ0n) is 7.01. The molecule has 0 saturated carbocycles. The van der Waals surface area contributed by atoms with Gasteiger partial charge in [0.2, 0.25) is 0 Å². The molecule has 0 amide bonds. The first kappa shape index (κ1) is 11.0. The van der Waals surface area contributed by atoms with E-state index >= 15 is 0 Å². The van der Waals surface area contributed by atoms with Crippen molar-refractivity contribution in [2.45, 2.75) is 12.1 Å². The van der Waals surface area contributed by atoms with Crippen LogP contribution < -0.4 is 5.73 Å². The predicted molar refractivity (Wildman–Crippen MR) is 46.9 cm³/mol. The Morgan fingerprint density at radius 1 is 1.57 bits per heavy atom. The summed E-state index contributed by atoms with van der Waals surface area (Å²) in [6.07, 6.45) is -4.34. The number of hydrogen-bond donors (Lipinski definition) is 1. The molecular weight excluding hydrogens is 213 g/mol. The Morgan fingerprint density at radius 2 is 2.21 bits per heavy atom.